The molecule has 0 atom stereocenters. The van der Waals surface area contributed by atoms with E-state index in [0.29, 0.717) is 23.7 Å². The van der Waals surface area contributed by atoms with E-state index < -0.39 is 0 Å². The van der Waals surface area contributed by atoms with Crippen molar-refractivity contribution in [1.29, 1.82) is 0 Å². The van der Waals surface area contributed by atoms with Crippen molar-refractivity contribution < 1.29 is 4.79 Å². The van der Waals surface area contributed by atoms with Crippen LogP contribution >= 0.6 is 15.9 Å². The van der Waals surface area contributed by atoms with Crippen molar-refractivity contribution in [3.63, 3.8) is 0 Å². The molecule has 5 nitrogen and oxygen atoms in total. The van der Waals surface area contributed by atoms with Gasteiger partial charge in [0, 0.05) is 12.7 Å². The van der Waals surface area contributed by atoms with E-state index in [0.717, 1.165) is 15.9 Å². The lowest BCUT2D eigenvalue weighted by molar-refractivity contribution is 0.102. The molecular formula is C14H13BrN4O. The smallest absolute Gasteiger partial charge is 0.259 e. The molecule has 1 N–H and O–H groups in total. The van der Waals surface area contributed by atoms with Crippen LogP contribution in [-0.2, 0) is 0 Å². The lowest BCUT2D eigenvalue weighted by atomic mass is 10.2. The minimum Gasteiger partial charge on any atom is -0.318 e. The Hall–Kier alpha value is -1.95. The lowest BCUT2D eigenvalue weighted by Crippen LogP contribution is -2.19. The summed E-state index contributed by atoms with van der Waals surface area (Å²) in [6.07, 6.45) is 1.69. The Morgan fingerprint density at radius 1 is 1.40 bits per heavy atom. The Kier molecular flexibility index (Phi) is 3.17. The van der Waals surface area contributed by atoms with Crippen LogP contribution in [-0.4, -0.2) is 22.4 Å². The highest BCUT2D eigenvalue weighted by atomic mass is 79.9. The summed E-state index contributed by atoms with van der Waals surface area (Å²) in [7, 11) is 0. The van der Waals surface area contributed by atoms with E-state index in [1.807, 2.05) is 24.8 Å². The number of carbonyl (C=O) groups excluding carboxylic acids is 1. The van der Waals surface area contributed by atoms with Crippen molar-refractivity contribution in [3.8, 4) is 0 Å². The summed E-state index contributed by atoms with van der Waals surface area (Å²) in [6.45, 7) is 4.63. The van der Waals surface area contributed by atoms with Crippen molar-refractivity contribution >= 4 is 39.2 Å². The fraction of sp³-hybridized carbons (Fsp3) is 0.214. The highest BCUT2D eigenvalue weighted by Crippen LogP contribution is 2.37. The largest absolute Gasteiger partial charge is 0.318 e. The SMILES string of the molecule is CCN1c2ncccc2C(=O)Nc2c(C)cc(Br)nc21. The van der Waals surface area contributed by atoms with Gasteiger partial charge < -0.3 is 10.2 Å². The van der Waals surface area contributed by atoms with E-state index in [-0.39, 0.29) is 5.91 Å². The number of rotatable bonds is 1. The van der Waals surface area contributed by atoms with Crippen LogP contribution in [0.4, 0.5) is 17.3 Å². The highest BCUT2D eigenvalue weighted by Gasteiger charge is 2.27. The van der Waals surface area contributed by atoms with Crippen LogP contribution in [0.5, 0.6) is 0 Å². The quantitative estimate of drug-likeness (QED) is 0.814. The fourth-order valence-electron chi connectivity index (χ4n) is 2.34. The summed E-state index contributed by atoms with van der Waals surface area (Å²) in [5, 5.41) is 2.93. The minimum absolute atomic E-state index is 0.155. The number of aromatic nitrogens is 2. The summed E-state index contributed by atoms with van der Waals surface area (Å²) in [4.78, 5) is 23.2. The third kappa shape index (κ3) is 1.96. The predicted octanol–water partition coefficient (Wildman–Crippen LogP) is 3.27. The number of aryl methyl sites for hydroxylation is 1. The molecule has 3 rings (SSSR count). The Bertz CT molecular complexity index is 702. The van der Waals surface area contributed by atoms with E-state index in [1.54, 1.807) is 18.3 Å². The van der Waals surface area contributed by atoms with Crippen molar-refractivity contribution in [2.24, 2.45) is 0 Å². The van der Waals surface area contributed by atoms with E-state index in [1.165, 1.54) is 0 Å². The monoisotopic (exact) mass is 332 g/mol. The minimum atomic E-state index is -0.155. The van der Waals surface area contributed by atoms with Crippen LogP contribution < -0.4 is 10.2 Å². The molecule has 20 heavy (non-hydrogen) atoms. The molecule has 1 aliphatic heterocycles. The number of pyridine rings is 2. The van der Waals surface area contributed by atoms with E-state index in [2.05, 4.69) is 31.2 Å². The standard InChI is InChI=1S/C14H13BrN4O/c1-3-19-12-9(5-4-6-16-12)14(20)18-11-8(2)7-10(15)17-13(11)19/h4-7H,3H2,1-2H3,(H,18,20). The third-order valence-corrected chi connectivity index (χ3v) is 3.67. The van der Waals surface area contributed by atoms with Gasteiger partial charge in [0.25, 0.3) is 5.91 Å². The molecule has 0 radical (unpaired) electrons. The topological polar surface area (TPSA) is 58.1 Å². The van der Waals surface area contributed by atoms with Gasteiger partial charge in [0.15, 0.2) is 5.82 Å². The predicted molar refractivity (Wildman–Crippen MR) is 81.5 cm³/mol. The van der Waals surface area contributed by atoms with Crippen LogP contribution in [0.15, 0.2) is 29.0 Å². The van der Waals surface area contributed by atoms with Gasteiger partial charge in [-0.05, 0) is 53.5 Å². The molecule has 1 amide bonds. The number of amides is 1. The second kappa shape index (κ2) is 4.86. The second-order valence-corrected chi connectivity index (χ2v) is 5.35. The lowest BCUT2D eigenvalue weighted by Gasteiger charge is -2.22. The number of carbonyl (C=O) groups is 1. The molecule has 6 heteroatoms. The molecule has 0 bridgehead atoms. The molecule has 1 aliphatic rings. The normalized spacial score (nSPS) is 13.3. The van der Waals surface area contributed by atoms with Gasteiger partial charge in [-0.15, -0.1) is 0 Å². The van der Waals surface area contributed by atoms with E-state index in [9.17, 15) is 4.79 Å². The van der Waals surface area contributed by atoms with Gasteiger partial charge in [0.2, 0.25) is 0 Å². The second-order valence-electron chi connectivity index (χ2n) is 4.53. The van der Waals surface area contributed by atoms with Gasteiger partial charge in [-0.1, -0.05) is 0 Å². The van der Waals surface area contributed by atoms with Gasteiger partial charge >= 0.3 is 0 Å². The molecule has 2 aromatic rings. The first kappa shape index (κ1) is 13.1. The van der Waals surface area contributed by atoms with E-state index >= 15 is 0 Å². The average molecular weight is 333 g/mol. The molecule has 0 saturated heterocycles. The maximum absolute atomic E-state index is 12.3. The van der Waals surface area contributed by atoms with E-state index in [4.69, 9.17) is 0 Å². The number of halogens is 1. The van der Waals surface area contributed by atoms with Gasteiger partial charge in [0.05, 0.1) is 11.3 Å². The number of fused-ring (bicyclic) bond motifs is 2. The Balaban J connectivity index is 2.31. The van der Waals surface area contributed by atoms with Crippen LogP contribution in [0.2, 0.25) is 0 Å². The van der Waals surface area contributed by atoms with Gasteiger partial charge in [0.1, 0.15) is 10.4 Å². The Labute approximate surface area is 125 Å². The first-order valence-corrected chi connectivity index (χ1v) is 7.12. The first-order valence-electron chi connectivity index (χ1n) is 6.33. The summed E-state index contributed by atoms with van der Waals surface area (Å²) >= 11 is 3.41. The Morgan fingerprint density at radius 2 is 2.20 bits per heavy atom. The molecule has 0 fully saturated rings. The van der Waals surface area contributed by atoms with Crippen LogP contribution in [0.1, 0.15) is 22.8 Å². The number of nitrogens with zero attached hydrogens (tertiary/aromatic N) is 3. The van der Waals surface area contributed by atoms with Gasteiger partial charge in [-0.25, -0.2) is 9.97 Å². The molecule has 3 heterocycles. The fourth-order valence-corrected chi connectivity index (χ4v) is 2.85. The molecule has 0 unspecified atom stereocenters. The number of hydrogen-bond acceptors (Lipinski definition) is 4. The Morgan fingerprint density at radius 3 is 2.95 bits per heavy atom. The summed E-state index contributed by atoms with van der Waals surface area (Å²) < 4.78 is 0.737. The maximum atomic E-state index is 12.3. The molecule has 2 aromatic heterocycles. The van der Waals surface area contributed by atoms with Crippen molar-refractivity contribution in [1.82, 2.24) is 9.97 Å². The van der Waals surface area contributed by atoms with Crippen LogP contribution in [0, 0.1) is 6.92 Å². The zero-order valence-corrected chi connectivity index (χ0v) is 12.7. The third-order valence-electron chi connectivity index (χ3n) is 3.26. The number of hydrogen-bond donors (Lipinski definition) is 1. The molecule has 0 spiro atoms. The molecular weight excluding hydrogens is 320 g/mol. The van der Waals surface area contributed by atoms with Crippen molar-refractivity contribution in [2.45, 2.75) is 13.8 Å². The summed E-state index contributed by atoms with van der Waals surface area (Å²) in [5.41, 5.74) is 2.25. The van der Waals surface area contributed by atoms with Crippen molar-refractivity contribution in [2.75, 3.05) is 16.8 Å². The maximum Gasteiger partial charge on any atom is 0.259 e. The van der Waals surface area contributed by atoms with Gasteiger partial charge in [-0.3, -0.25) is 4.79 Å². The number of nitrogens with one attached hydrogen (secondary N) is 1. The molecule has 102 valence electrons. The first-order chi connectivity index (χ1) is 9.61. The number of anilines is 3. The van der Waals surface area contributed by atoms with Crippen molar-refractivity contribution in [3.05, 3.63) is 40.1 Å². The van der Waals surface area contributed by atoms with Crippen LogP contribution in [0.3, 0.4) is 0 Å². The average Bonchev–Trinajstić information content (AvgIpc) is 2.54. The highest BCUT2D eigenvalue weighted by molar-refractivity contribution is 9.10. The zero-order valence-electron chi connectivity index (χ0n) is 11.1. The summed E-state index contributed by atoms with van der Waals surface area (Å²) in [5.74, 6) is 1.19. The van der Waals surface area contributed by atoms with Gasteiger partial charge in [-0.2, -0.15) is 0 Å². The van der Waals surface area contributed by atoms with Crippen LogP contribution in [0.25, 0.3) is 0 Å². The molecule has 0 aliphatic carbocycles. The summed E-state index contributed by atoms with van der Waals surface area (Å²) in [6, 6.07) is 5.42. The molecule has 0 saturated carbocycles. The zero-order chi connectivity index (χ0) is 14.3. The molecule has 0 aromatic carbocycles.